The molecule has 16 nitrogen and oxygen atoms in total. The Morgan fingerprint density at radius 3 is 2.02 bits per heavy atom. The zero-order chi connectivity index (χ0) is 29.8. The van der Waals surface area contributed by atoms with E-state index in [1.165, 1.54) is 36.8 Å². The minimum absolute atomic E-state index is 0.0149. The molecule has 2 rings (SSSR count). The number of rotatable bonds is 16. The van der Waals surface area contributed by atoms with Crippen LogP contribution in [-0.2, 0) is 41.6 Å². The van der Waals surface area contributed by atoms with Crippen LogP contribution in [0, 0.1) is 0 Å². The lowest BCUT2D eigenvalue weighted by atomic mass is 10.0. The number of benzene rings is 1. The number of aromatic hydroxyl groups is 1. The maximum Gasteiger partial charge on any atom is 0.326 e. The van der Waals surface area contributed by atoms with Gasteiger partial charge in [-0.05, 0) is 24.1 Å². The Labute approximate surface area is 227 Å². The summed E-state index contributed by atoms with van der Waals surface area (Å²) in [6.07, 6.45) is 1.13. The molecule has 0 bridgehead atoms. The Morgan fingerprint density at radius 1 is 0.875 bits per heavy atom. The van der Waals surface area contributed by atoms with Gasteiger partial charge in [0.2, 0.25) is 23.6 Å². The number of phenolic OH excluding ortho intramolecular Hbond substituents is 1. The summed E-state index contributed by atoms with van der Waals surface area (Å²) in [5, 5.41) is 35.1. The number of aliphatic carboxylic acids is 2. The number of nitrogens with zero attached hydrogens (tertiary/aromatic N) is 1. The van der Waals surface area contributed by atoms with Crippen LogP contribution in [-0.4, -0.2) is 85.0 Å². The fourth-order valence-electron chi connectivity index (χ4n) is 3.55. The van der Waals surface area contributed by atoms with E-state index < -0.39 is 66.2 Å². The highest BCUT2D eigenvalue weighted by Crippen LogP contribution is 2.12. The first-order chi connectivity index (χ1) is 18.8. The summed E-state index contributed by atoms with van der Waals surface area (Å²) in [4.78, 5) is 79.5. The molecule has 40 heavy (non-hydrogen) atoms. The number of aromatic amines is 1. The fraction of sp³-hybridized carbons (Fsp3) is 0.375. The van der Waals surface area contributed by atoms with Crippen molar-refractivity contribution >= 4 is 35.6 Å². The van der Waals surface area contributed by atoms with Crippen molar-refractivity contribution in [2.45, 2.75) is 56.3 Å². The van der Waals surface area contributed by atoms with Gasteiger partial charge in [-0.25, -0.2) is 9.78 Å². The van der Waals surface area contributed by atoms with Gasteiger partial charge in [0.1, 0.15) is 23.9 Å². The fourth-order valence-corrected chi connectivity index (χ4v) is 3.55. The molecule has 16 heteroatoms. The third-order valence-corrected chi connectivity index (χ3v) is 5.65. The number of carboxylic acid groups (broad SMARTS) is 2. The van der Waals surface area contributed by atoms with E-state index in [0.717, 1.165) is 0 Å². The van der Waals surface area contributed by atoms with Gasteiger partial charge in [-0.1, -0.05) is 12.1 Å². The molecule has 4 atom stereocenters. The predicted molar refractivity (Wildman–Crippen MR) is 136 cm³/mol. The second-order valence-electron chi connectivity index (χ2n) is 8.88. The Hall–Kier alpha value is -4.99. The van der Waals surface area contributed by atoms with E-state index in [0.29, 0.717) is 11.3 Å². The second kappa shape index (κ2) is 14.8. The van der Waals surface area contributed by atoms with E-state index in [1.807, 2.05) is 0 Å². The maximum absolute atomic E-state index is 13.1. The van der Waals surface area contributed by atoms with E-state index in [1.54, 1.807) is 0 Å². The van der Waals surface area contributed by atoms with Crippen LogP contribution in [0.1, 0.15) is 30.5 Å². The normalized spacial score (nSPS) is 13.7. The average Bonchev–Trinajstić information content (AvgIpc) is 3.39. The average molecular weight is 562 g/mol. The first-order valence-corrected chi connectivity index (χ1v) is 12.0. The summed E-state index contributed by atoms with van der Waals surface area (Å²) < 4.78 is 0. The number of aromatic nitrogens is 2. The van der Waals surface area contributed by atoms with Crippen molar-refractivity contribution in [2.75, 3.05) is 0 Å². The lowest BCUT2D eigenvalue weighted by molar-refractivity contribution is -0.143. The van der Waals surface area contributed by atoms with Crippen molar-refractivity contribution < 1.29 is 44.1 Å². The first-order valence-electron chi connectivity index (χ1n) is 12.0. The van der Waals surface area contributed by atoms with Crippen LogP contribution >= 0.6 is 0 Å². The molecule has 0 spiro atoms. The lowest BCUT2D eigenvalue weighted by Gasteiger charge is -2.25. The number of H-pyrrole nitrogens is 1. The number of primary amides is 1. The van der Waals surface area contributed by atoms with Gasteiger partial charge in [-0.3, -0.25) is 24.0 Å². The third-order valence-electron chi connectivity index (χ3n) is 5.65. The number of imidazole rings is 1. The van der Waals surface area contributed by atoms with E-state index in [4.69, 9.17) is 11.5 Å². The zero-order valence-corrected chi connectivity index (χ0v) is 21.2. The molecule has 0 aliphatic heterocycles. The van der Waals surface area contributed by atoms with Gasteiger partial charge >= 0.3 is 11.9 Å². The lowest BCUT2D eigenvalue weighted by Crippen LogP contribution is -2.58. The molecule has 4 amide bonds. The number of nitrogens with two attached hydrogens (primary N) is 2. The van der Waals surface area contributed by atoms with Crippen molar-refractivity contribution in [1.82, 2.24) is 25.9 Å². The van der Waals surface area contributed by atoms with Crippen LogP contribution < -0.4 is 27.4 Å². The molecule has 0 saturated heterocycles. The molecule has 2 aromatic rings. The van der Waals surface area contributed by atoms with Crippen molar-refractivity contribution in [2.24, 2.45) is 11.5 Å². The summed E-state index contributed by atoms with van der Waals surface area (Å²) >= 11 is 0. The molecule has 0 saturated carbocycles. The number of carbonyl (C=O) groups excluding carboxylic acids is 4. The largest absolute Gasteiger partial charge is 0.508 e. The van der Waals surface area contributed by atoms with Crippen molar-refractivity contribution in [3.05, 3.63) is 48.0 Å². The highest BCUT2D eigenvalue weighted by Gasteiger charge is 2.32. The number of hydrogen-bond acceptors (Lipinski definition) is 9. The summed E-state index contributed by atoms with van der Waals surface area (Å²) in [5.41, 5.74) is 11.9. The SMILES string of the molecule is NC(=O)CCC(NC(=O)C(Cc1ccc(O)cc1)NC(=O)C(CC(=O)O)NC(=O)C(N)Cc1cnc[nH]1)C(=O)O. The van der Waals surface area contributed by atoms with Crippen LogP contribution in [0.2, 0.25) is 0 Å². The zero-order valence-electron chi connectivity index (χ0n) is 21.2. The molecule has 11 N–H and O–H groups in total. The Balaban J connectivity index is 2.22. The van der Waals surface area contributed by atoms with Gasteiger partial charge in [0.05, 0.1) is 18.8 Å². The molecular formula is C24H31N7O9. The van der Waals surface area contributed by atoms with Gasteiger partial charge in [-0.2, -0.15) is 0 Å². The summed E-state index contributed by atoms with van der Waals surface area (Å²) in [6.45, 7) is 0. The third kappa shape index (κ3) is 10.4. The maximum atomic E-state index is 13.1. The number of phenols is 1. The molecule has 0 aliphatic carbocycles. The van der Waals surface area contributed by atoms with Gasteiger partial charge < -0.3 is 47.7 Å². The van der Waals surface area contributed by atoms with Crippen molar-refractivity contribution in [1.29, 1.82) is 0 Å². The number of carbonyl (C=O) groups is 6. The highest BCUT2D eigenvalue weighted by atomic mass is 16.4. The predicted octanol–water partition coefficient (Wildman–Crippen LogP) is -2.49. The molecule has 1 heterocycles. The molecule has 0 fully saturated rings. The number of carboxylic acids is 2. The quantitative estimate of drug-likeness (QED) is 0.103. The van der Waals surface area contributed by atoms with Gasteiger partial charge in [0, 0.05) is 31.2 Å². The minimum Gasteiger partial charge on any atom is -0.508 e. The molecule has 1 aromatic carbocycles. The molecule has 0 aliphatic rings. The molecule has 1 aromatic heterocycles. The summed E-state index contributed by atoms with van der Waals surface area (Å²) in [7, 11) is 0. The Bertz CT molecular complexity index is 1200. The standard InChI is InChI=1S/C24H31N7O9/c25-15(8-13-10-27-11-28-13)21(36)30-18(9-20(34)35)23(38)31-17(7-12-1-3-14(32)4-2-12)22(37)29-16(24(39)40)5-6-19(26)33/h1-4,10-11,15-18,32H,5-9,25H2,(H2,26,33)(H,27,28)(H,29,37)(H,30,36)(H,31,38)(H,34,35)(H,39,40). The Morgan fingerprint density at radius 2 is 1.48 bits per heavy atom. The number of hydrogen-bond donors (Lipinski definition) is 9. The summed E-state index contributed by atoms with van der Waals surface area (Å²) in [5.74, 6) is -6.59. The van der Waals surface area contributed by atoms with Crippen LogP contribution in [0.3, 0.4) is 0 Å². The second-order valence-corrected chi connectivity index (χ2v) is 8.88. The molecule has 216 valence electrons. The van der Waals surface area contributed by atoms with Gasteiger partial charge in [0.15, 0.2) is 0 Å². The van der Waals surface area contributed by atoms with Crippen molar-refractivity contribution in [3.8, 4) is 5.75 Å². The Kier molecular flexibility index (Phi) is 11.6. The first kappa shape index (κ1) is 31.2. The monoisotopic (exact) mass is 561 g/mol. The highest BCUT2D eigenvalue weighted by molar-refractivity contribution is 5.95. The number of nitrogens with one attached hydrogen (secondary N) is 4. The topological polar surface area (TPSA) is 280 Å². The van der Waals surface area contributed by atoms with Crippen LogP contribution in [0.5, 0.6) is 5.75 Å². The van der Waals surface area contributed by atoms with Crippen LogP contribution in [0.25, 0.3) is 0 Å². The van der Waals surface area contributed by atoms with E-state index in [2.05, 4.69) is 25.9 Å². The van der Waals surface area contributed by atoms with Gasteiger partial charge in [-0.15, -0.1) is 0 Å². The van der Waals surface area contributed by atoms with E-state index in [9.17, 15) is 44.1 Å². The van der Waals surface area contributed by atoms with Crippen LogP contribution in [0.15, 0.2) is 36.8 Å². The summed E-state index contributed by atoms with van der Waals surface area (Å²) in [6, 6.07) is -0.210. The van der Waals surface area contributed by atoms with Crippen LogP contribution in [0.4, 0.5) is 0 Å². The van der Waals surface area contributed by atoms with Crippen molar-refractivity contribution in [3.63, 3.8) is 0 Å². The van der Waals surface area contributed by atoms with E-state index in [-0.39, 0.29) is 31.4 Å². The molecular weight excluding hydrogens is 530 g/mol. The van der Waals surface area contributed by atoms with Gasteiger partial charge in [0.25, 0.3) is 0 Å². The smallest absolute Gasteiger partial charge is 0.326 e. The molecule has 4 unspecified atom stereocenters. The minimum atomic E-state index is -1.64. The van der Waals surface area contributed by atoms with E-state index >= 15 is 0 Å². The molecule has 0 radical (unpaired) electrons. The number of amides is 4.